The van der Waals surface area contributed by atoms with E-state index >= 15 is 0 Å². The first-order chi connectivity index (χ1) is 8.70. The summed E-state index contributed by atoms with van der Waals surface area (Å²) in [7, 11) is 0. The standard InChI is InChI=1S/C11H12Cl2N4S/c12-8-6-9(13)11(17-14)16-10(8)15-4-3-7-2-1-5-18-7/h1-2,5-6H,3-4,14H2,(H2,15,16,17). The zero-order valence-corrected chi connectivity index (χ0v) is 11.7. The van der Waals surface area contributed by atoms with Crippen molar-refractivity contribution in [3.05, 3.63) is 38.5 Å². The van der Waals surface area contributed by atoms with Crippen LogP contribution in [0.15, 0.2) is 23.6 Å². The van der Waals surface area contributed by atoms with Gasteiger partial charge in [-0.1, -0.05) is 29.3 Å². The minimum absolute atomic E-state index is 0.395. The predicted molar refractivity (Wildman–Crippen MR) is 78.6 cm³/mol. The van der Waals surface area contributed by atoms with Gasteiger partial charge in [-0.3, -0.25) is 0 Å². The topological polar surface area (TPSA) is 63.0 Å². The number of nitrogens with one attached hydrogen (secondary N) is 2. The van der Waals surface area contributed by atoms with Gasteiger partial charge < -0.3 is 10.7 Å². The van der Waals surface area contributed by atoms with Crippen LogP contribution < -0.4 is 16.6 Å². The van der Waals surface area contributed by atoms with Crippen molar-refractivity contribution in [2.75, 3.05) is 17.3 Å². The molecule has 4 N–H and O–H groups in total. The summed E-state index contributed by atoms with van der Waals surface area (Å²) in [6.45, 7) is 0.749. The molecule has 0 fully saturated rings. The molecular weight excluding hydrogens is 291 g/mol. The predicted octanol–water partition coefficient (Wildman–Crippen LogP) is 3.39. The maximum atomic E-state index is 6.04. The molecule has 0 bridgehead atoms. The highest BCUT2D eigenvalue weighted by atomic mass is 35.5. The Hall–Kier alpha value is -1.01. The molecule has 2 rings (SSSR count). The number of nitrogens with zero attached hydrogens (tertiary/aromatic N) is 1. The molecule has 0 aliphatic rings. The molecule has 96 valence electrons. The highest BCUT2D eigenvalue weighted by molar-refractivity contribution is 7.09. The third-order valence-electron chi connectivity index (χ3n) is 2.31. The molecule has 0 aromatic carbocycles. The number of rotatable bonds is 5. The third-order valence-corrected chi connectivity index (χ3v) is 3.82. The van der Waals surface area contributed by atoms with E-state index in [1.807, 2.05) is 6.07 Å². The molecule has 0 aliphatic heterocycles. The lowest BCUT2D eigenvalue weighted by Gasteiger charge is -2.10. The maximum Gasteiger partial charge on any atom is 0.161 e. The molecule has 2 aromatic heterocycles. The molecule has 0 unspecified atom stereocenters. The van der Waals surface area contributed by atoms with Crippen molar-refractivity contribution in [1.29, 1.82) is 0 Å². The zero-order chi connectivity index (χ0) is 13.0. The van der Waals surface area contributed by atoms with Crippen LogP contribution in [0.1, 0.15) is 4.88 Å². The van der Waals surface area contributed by atoms with Crippen LogP contribution in [0.2, 0.25) is 10.0 Å². The van der Waals surface area contributed by atoms with Crippen LogP contribution in [0.4, 0.5) is 11.6 Å². The minimum atomic E-state index is 0.395. The number of nitrogens with two attached hydrogens (primary N) is 1. The Balaban J connectivity index is 2.00. The summed E-state index contributed by atoms with van der Waals surface area (Å²) in [4.78, 5) is 5.51. The van der Waals surface area contributed by atoms with Crippen LogP contribution >= 0.6 is 34.5 Å². The van der Waals surface area contributed by atoms with Crippen LogP contribution in [0, 0.1) is 0 Å². The van der Waals surface area contributed by atoms with E-state index in [2.05, 4.69) is 27.2 Å². The highest BCUT2D eigenvalue weighted by Crippen LogP contribution is 2.28. The second-order valence-electron chi connectivity index (χ2n) is 3.55. The fourth-order valence-electron chi connectivity index (χ4n) is 1.45. The maximum absolute atomic E-state index is 6.04. The van der Waals surface area contributed by atoms with Gasteiger partial charge in [0.15, 0.2) is 5.82 Å². The van der Waals surface area contributed by atoms with E-state index in [-0.39, 0.29) is 0 Å². The summed E-state index contributed by atoms with van der Waals surface area (Å²) >= 11 is 13.7. The normalized spacial score (nSPS) is 10.4. The molecule has 2 heterocycles. The van der Waals surface area contributed by atoms with Crippen molar-refractivity contribution in [3.63, 3.8) is 0 Å². The average molecular weight is 303 g/mol. The van der Waals surface area contributed by atoms with E-state index in [4.69, 9.17) is 29.0 Å². The summed E-state index contributed by atoms with van der Waals surface area (Å²) in [5.74, 6) is 6.29. The third kappa shape index (κ3) is 3.26. The fraction of sp³-hybridized carbons (Fsp3) is 0.182. The number of hydrogen-bond donors (Lipinski definition) is 3. The lowest BCUT2D eigenvalue weighted by molar-refractivity contribution is 1.03. The first-order valence-electron chi connectivity index (χ1n) is 5.29. The lowest BCUT2D eigenvalue weighted by Crippen LogP contribution is -2.12. The summed E-state index contributed by atoms with van der Waals surface area (Å²) in [6, 6.07) is 5.73. The summed E-state index contributed by atoms with van der Waals surface area (Å²) in [5.41, 5.74) is 2.43. The minimum Gasteiger partial charge on any atom is -0.368 e. The second kappa shape index (κ2) is 6.24. The molecule has 0 saturated heterocycles. The molecule has 0 amide bonds. The van der Waals surface area contributed by atoms with Gasteiger partial charge in [0.25, 0.3) is 0 Å². The Labute approximate surface area is 119 Å². The first kappa shape index (κ1) is 13.4. The zero-order valence-electron chi connectivity index (χ0n) is 9.41. The molecule has 2 aromatic rings. The van der Waals surface area contributed by atoms with E-state index < -0.39 is 0 Å². The Bertz CT molecular complexity index is 516. The molecular formula is C11H12Cl2N4S. The number of thiophene rings is 1. The Morgan fingerprint density at radius 2 is 2.06 bits per heavy atom. The summed E-state index contributed by atoms with van der Waals surface area (Å²) < 4.78 is 0. The van der Waals surface area contributed by atoms with Crippen molar-refractivity contribution in [2.45, 2.75) is 6.42 Å². The van der Waals surface area contributed by atoms with Crippen molar-refractivity contribution in [2.24, 2.45) is 5.84 Å². The monoisotopic (exact) mass is 302 g/mol. The van der Waals surface area contributed by atoms with Gasteiger partial charge >= 0.3 is 0 Å². The molecule has 7 heteroatoms. The molecule has 0 atom stereocenters. The van der Waals surface area contributed by atoms with E-state index in [0.29, 0.717) is 21.7 Å². The Morgan fingerprint density at radius 1 is 1.28 bits per heavy atom. The number of nitrogen functional groups attached to an aromatic ring is 1. The molecule has 0 radical (unpaired) electrons. The first-order valence-corrected chi connectivity index (χ1v) is 6.93. The Kier molecular flexibility index (Phi) is 4.66. The van der Waals surface area contributed by atoms with E-state index in [1.165, 1.54) is 4.88 Å². The molecule has 0 saturated carbocycles. The fourth-order valence-corrected chi connectivity index (χ4v) is 2.64. The van der Waals surface area contributed by atoms with Gasteiger partial charge in [0.1, 0.15) is 5.82 Å². The number of halogens is 2. The molecule has 0 aliphatic carbocycles. The summed E-state index contributed by atoms with van der Waals surface area (Å²) in [5, 5.41) is 6.09. The lowest BCUT2D eigenvalue weighted by atomic mass is 10.3. The van der Waals surface area contributed by atoms with Crippen LogP contribution in [-0.2, 0) is 6.42 Å². The van der Waals surface area contributed by atoms with Gasteiger partial charge in [0.2, 0.25) is 0 Å². The smallest absolute Gasteiger partial charge is 0.161 e. The molecule has 0 spiro atoms. The van der Waals surface area contributed by atoms with Gasteiger partial charge in [-0.15, -0.1) is 11.3 Å². The van der Waals surface area contributed by atoms with Crippen LogP contribution in [-0.4, -0.2) is 11.5 Å². The van der Waals surface area contributed by atoms with E-state index in [9.17, 15) is 0 Å². The SMILES string of the molecule is NNc1nc(NCCc2cccs2)c(Cl)cc1Cl. The largest absolute Gasteiger partial charge is 0.368 e. The van der Waals surface area contributed by atoms with Crippen molar-refractivity contribution in [1.82, 2.24) is 4.98 Å². The Morgan fingerprint density at radius 3 is 2.72 bits per heavy atom. The van der Waals surface area contributed by atoms with Crippen molar-refractivity contribution in [3.8, 4) is 0 Å². The van der Waals surface area contributed by atoms with Crippen molar-refractivity contribution < 1.29 is 0 Å². The number of aromatic nitrogens is 1. The van der Waals surface area contributed by atoms with Gasteiger partial charge in [-0.05, 0) is 23.9 Å². The van der Waals surface area contributed by atoms with Gasteiger partial charge in [0.05, 0.1) is 10.0 Å². The quantitative estimate of drug-likeness (QED) is 0.585. The van der Waals surface area contributed by atoms with Gasteiger partial charge in [-0.2, -0.15) is 0 Å². The number of anilines is 2. The highest BCUT2D eigenvalue weighted by Gasteiger charge is 2.08. The van der Waals surface area contributed by atoms with E-state index in [1.54, 1.807) is 17.4 Å². The van der Waals surface area contributed by atoms with Gasteiger partial charge in [0, 0.05) is 11.4 Å². The van der Waals surface area contributed by atoms with Gasteiger partial charge in [-0.25, -0.2) is 10.8 Å². The van der Waals surface area contributed by atoms with E-state index in [0.717, 1.165) is 13.0 Å². The molecule has 18 heavy (non-hydrogen) atoms. The molecule has 4 nitrogen and oxygen atoms in total. The average Bonchev–Trinajstić information content (AvgIpc) is 2.85. The van der Waals surface area contributed by atoms with Crippen molar-refractivity contribution >= 4 is 46.2 Å². The second-order valence-corrected chi connectivity index (χ2v) is 5.40. The summed E-state index contributed by atoms with van der Waals surface area (Å²) in [6.07, 6.45) is 0.920. The number of hydrazine groups is 1. The van der Waals surface area contributed by atoms with Crippen LogP contribution in [0.3, 0.4) is 0 Å². The number of pyridine rings is 1. The number of hydrogen-bond acceptors (Lipinski definition) is 5. The van der Waals surface area contributed by atoms with Crippen LogP contribution in [0.5, 0.6) is 0 Å². The van der Waals surface area contributed by atoms with Crippen LogP contribution in [0.25, 0.3) is 0 Å².